The second kappa shape index (κ2) is 40.6. The molecule has 0 saturated heterocycles. The number of carbonyl (C=O) groups excluding carboxylic acids is 3. The van der Waals surface area contributed by atoms with Crippen LogP contribution in [0.15, 0.2) is 0 Å². The molecule has 0 saturated carbocycles. The molecule has 326 valence electrons. The largest absolute Gasteiger partial charge is 0.462 e. The van der Waals surface area contributed by atoms with E-state index in [9.17, 15) is 14.4 Å². The van der Waals surface area contributed by atoms with Gasteiger partial charge in [0, 0.05) is 19.3 Å². The standard InChI is InChI=1S/C49H94O6/c1-7-45(6)37-31-25-19-13-9-11-14-20-26-32-38-47(50)53-41-46(42-54-48(51)39-33-27-22-16-18-24-30-36-44(4)5)55-49(52)40-34-28-21-15-10-8-12-17-23-29-35-43(2)3/h43-46H,7-42H2,1-6H3/t45?,46-/m1/s1. The fourth-order valence-electron chi connectivity index (χ4n) is 7.20. The molecule has 0 aromatic heterocycles. The van der Waals surface area contributed by atoms with Gasteiger partial charge >= 0.3 is 17.9 Å². The van der Waals surface area contributed by atoms with Gasteiger partial charge in [0.25, 0.3) is 0 Å². The van der Waals surface area contributed by atoms with E-state index in [4.69, 9.17) is 14.2 Å². The normalized spacial score (nSPS) is 12.7. The van der Waals surface area contributed by atoms with Gasteiger partial charge in [0.2, 0.25) is 0 Å². The minimum absolute atomic E-state index is 0.0660. The summed E-state index contributed by atoms with van der Waals surface area (Å²) < 4.78 is 16.7. The van der Waals surface area contributed by atoms with Crippen molar-refractivity contribution in [3.8, 4) is 0 Å². The number of unbranched alkanes of at least 4 members (excludes halogenated alkanes) is 24. The lowest BCUT2D eigenvalue weighted by Gasteiger charge is -2.18. The van der Waals surface area contributed by atoms with E-state index in [2.05, 4.69) is 41.5 Å². The van der Waals surface area contributed by atoms with Gasteiger partial charge in [-0.25, -0.2) is 0 Å². The zero-order valence-corrected chi connectivity index (χ0v) is 37.7. The molecule has 0 radical (unpaired) electrons. The lowest BCUT2D eigenvalue weighted by molar-refractivity contribution is -0.167. The van der Waals surface area contributed by atoms with Gasteiger partial charge < -0.3 is 14.2 Å². The average molecular weight is 779 g/mol. The van der Waals surface area contributed by atoms with Crippen molar-refractivity contribution in [2.24, 2.45) is 17.8 Å². The smallest absolute Gasteiger partial charge is 0.306 e. The summed E-state index contributed by atoms with van der Waals surface area (Å²) in [6, 6.07) is 0. The lowest BCUT2D eigenvalue weighted by Crippen LogP contribution is -2.30. The molecule has 0 aliphatic rings. The maximum atomic E-state index is 12.7. The Kier molecular flexibility index (Phi) is 39.4. The second-order valence-electron chi connectivity index (χ2n) is 17.9. The molecule has 2 atom stereocenters. The minimum atomic E-state index is -0.762. The van der Waals surface area contributed by atoms with Gasteiger partial charge in [-0.2, -0.15) is 0 Å². The van der Waals surface area contributed by atoms with E-state index in [1.807, 2.05) is 0 Å². The summed E-state index contributed by atoms with van der Waals surface area (Å²) in [6.07, 6.45) is 38.0. The predicted octanol–water partition coefficient (Wildman–Crippen LogP) is 15.2. The Hall–Kier alpha value is -1.59. The van der Waals surface area contributed by atoms with Crippen LogP contribution in [0.4, 0.5) is 0 Å². The summed E-state index contributed by atoms with van der Waals surface area (Å²) in [6.45, 7) is 13.7. The molecular weight excluding hydrogens is 685 g/mol. The van der Waals surface area contributed by atoms with E-state index in [1.165, 1.54) is 141 Å². The molecule has 0 fully saturated rings. The van der Waals surface area contributed by atoms with E-state index >= 15 is 0 Å². The molecule has 6 heteroatoms. The Labute approximate surface area is 342 Å². The highest BCUT2D eigenvalue weighted by Gasteiger charge is 2.19. The predicted molar refractivity (Wildman–Crippen MR) is 233 cm³/mol. The van der Waals surface area contributed by atoms with E-state index in [-0.39, 0.29) is 31.1 Å². The zero-order chi connectivity index (χ0) is 40.6. The maximum absolute atomic E-state index is 12.7. The summed E-state index contributed by atoms with van der Waals surface area (Å²) in [5.74, 6) is 1.61. The number of esters is 3. The molecule has 1 unspecified atom stereocenters. The molecule has 0 amide bonds. The van der Waals surface area contributed by atoms with Gasteiger partial charge in [0.15, 0.2) is 6.10 Å². The van der Waals surface area contributed by atoms with Gasteiger partial charge in [0.05, 0.1) is 0 Å². The van der Waals surface area contributed by atoms with Gasteiger partial charge in [-0.3, -0.25) is 14.4 Å². The topological polar surface area (TPSA) is 78.9 Å². The van der Waals surface area contributed by atoms with Crippen molar-refractivity contribution in [3.05, 3.63) is 0 Å². The fraction of sp³-hybridized carbons (Fsp3) is 0.939. The Morgan fingerprint density at radius 1 is 0.364 bits per heavy atom. The monoisotopic (exact) mass is 779 g/mol. The minimum Gasteiger partial charge on any atom is -0.462 e. The molecular formula is C49H94O6. The van der Waals surface area contributed by atoms with E-state index in [0.717, 1.165) is 75.5 Å². The van der Waals surface area contributed by atoms with Crippen LogP contribution in [0.1, 0.15) is 260 Å². The second-order valence-corrected chi connectivity index (χ2v) is 17.9. The summed E-state index contributed by atoms with van der Waals surface area (Å²) in [7, 11) is 0. The Morgan fingerprint density at radius 2 is 0.636 bits per heavy atom. The number of carbonyl (C=O) groups is 3. The number of hydrogen-bond acceptors (Lipinski definition) is 6. The van der Waals surface area contributed by atoms with Gasteiger partial charge in [-0.1, -0.05) is 221 Å². The number of rotatable bonds is 42. The first-order valence-electron chi connectivity index (χ1n) is 24.1. The first-order chi connectivity index (χ1) is 26.6. The van der Waals surface area contributed by atoms with Crippen LogP contribution in [0.2, 0.25) is 0 Å². The van der Waals surface area contributed by atoms with Crippen LogP contribution >= 0.6 is 0 Å². The molecule has 0 aliphatic carbocycles. The molecule has 0 aliphatic heterocycles. The molecule has 0 heterocycles. The van der Waals surface area contributed by atoms with E-state index in [1.54, 1.807) is 0 Å². The van der Waals surface area contributed by atoms with Crippen molar-refractivity contribution < 1.29 is 28.6 Å². The van der Waals surface area contributed by atoms with Crippen LogP contribution < -0.4 is 0 Å². The van der Waals surface area contributed by atoms with Crippen LogP contribution in [0.5, 0.6) is 0 Å². The molecule has 0 bridgehead atoms. The number of ether oxygens (including phenoxy) is 3. The third-order valence-electron chi connectivity index (χ3n) is 11.3. The molecule has 0 rings (SSSR count). The van der Waals surface area contributed by atoms with Crippen LogP contribution in [0, 0.1) is 17.8 Å². The summed E-state index contributed by atoms with van der Waals surface area (Å²) in [5, 5.41) is 0. The summed E-state index contributed by atoms with van der Waals surface area (Å²) >= 11 is 0. The van der Waals surface area contributed by atoms with E-state index in [0.29, 0.717) is 19.3 Å². The molecule has 0 aromatic carbocycles. The highest BCUT2D eigenvalue weighted by atomic mass is 16.6. The van der Waals surface area contributed by atoms with Crippen molar-refractivity contribution >= 4 is 17.9 Å². The van der Waals surface area contributed by atoms with E-state index < -0.39 is 6.10 Å². The first kappa shape index (κ1) is 53.4. The molecule has 0 N–H and O–H groups in total. The molecule has 0 aromatic rings. The van der Waals surface area contributed by atoms with Crippen LogP contribution in [0.3, 0.4) is 0 Å². The maximum Gasteiger partial charge on any atom is 0.306 e. The highest BCUT2D eigenvalue weighted by Crippen LogP contribution is 2.17. The van der Waals surface area contributed by atoms with Crippen molar-refractivity contribution in [2.45, 2.75) is 266 Å². The third kappa shape index (κ3) is 41.9. The van der Waals surface area contributed by atoms with Gasteiger partial charge in [-0.15, -0.1) is 0 Å². The molecule has 6 nitrogen and oxygen atoms in total. The third-order valence-corrected chi connectivity index (χ3v) is 11.3. The van der Waals surface area contributed by atoms with Crippen molar-refractivity contribution in [3.63, 3.8) is 0 Å². The quantitative estimate of drug-likeness (QED) is 0.0349. The lowest BCUT2D eigenvalue weighted by atomic mass is 9.99. The molecule has 55 heavy (non-hydrogen) atoms. The van der Waals surface area contributed by atoms with Crippen molar-refractivity contribution in [1.29, 1.82) is 0 Å². The highest BCUT2D eigenvalue weighted by molar-refractivity contribution is 5.71. The summed E-state index contributed by atoms with van der Waals surface area (Å²) in [4.78, 5) is 37.8. The fourth-order valence-corrected chi connectivity index (χ4v) is 7.20. The number of hydrogen-bond donors (Lipinski definition) is 0. The van der Waals surface area contributed by atoms with Gasteiger partial charge in [0.1, 0.15) is 13.2 Å². The van der Waals surface area contributed by atoms with Crippen molar-refractivity contribution in [2.75, 3.05) is 13.2 Å². The Balaban J connectivity index is 4.33. The van der Waals surface area contributed by atoms with Crippen LogP contribution in [-0.4, -0.2) is 37.2 Å². The SMILES string of the molecule is CCC(C)CCCCCCCCCCCCC(=O)OC[C@H](COC(=O)CCCCCCCCCC(C)C)OC(=O)CCCCCCCCCCCCC(C)C. The first-order valence-corrected chi connectivity index (χ1v) is 24.1. The Morgan fingerprint density at radius 3 is 0.945 bits per heavy atom. The van der Waals surface area contributed by atoms with Crippen LogP contribution in [-0.2, 0) is 28.6 Å². The van der Waals surface area contributed by atoms with Crippen molar-refractivity contribution in [1.82, 2.24) is 0 Å². The van der Waals surface area contributed by atoms with Crippen LogP contribution in [0.25, 0.3) is 0 Å². The average Bonchev–Trinajstić information content (AvgIpc) is 3.15. The summed E-state index contributed by atoms with van der Waals surface area (Å²) in [5.41, 5.74) is 0. The van der Waals surface area contributed by atoms with Gasteiger partial charge in [-0.05, 0) is 37.0 Å². The molecule has 0 spiro atoms. The zero-order valence-electron chi connectivity index (χ0n) is 37.7. The Bertz CT molecular complexity index is 854.